The summed E-state index contributed by atoms with van der Waals surface area (Å²) in [6.45, 7) is 2.24. The van der Waals surface area contributed by atoms with Crippen LogP contribution in [-0.4, -0.2) is 9.79 Å². The molecule has 2 aromatic rings. The molecule has 0 bridgehead atoms. The van der Waals surface area contributed by atoms with Crippen LogP contribution in [0.5, 0.6) is 5.75 Å². The maximum atomic E-state index is 9.21. The van der Waals surface area contributed by atoms with E-state index in [2.05, 4.69) is 13.0 Å². The lowest BCUT2D eigenvalue weighted by Crippen LogP contribution is -1.93. The Morgan fingerprint density at radius 1 is 0.840 bits per heavy atom. The van der Waals surface area contributed by atoms with Crippen LogP contribution in [0.25, 0.3) is 11.1 Å². The fourth-order valence-electron chi connectivity index (χ4n) is 3.03. The molecule has 0 aliphatic rings. The summed E-state index contributed by atoms with van der Waals surface area (Å²) in [5.74, 6) is 0.519. The molecular formula is C21H29O3P. The molecule has 0 radical (unpaired) electrons. The summed E-state index contributed by atoms with van der Waals surface area (Å²) in [6.07, 6.45) is 10.1. The molecular weight excluding hydrogens is 331 g/mol. The quantitative estimate of drug-likeness (QED) is 0.368. The summed E-state index contributed by atoms with van der Waals surface area (Å²) in [6, 6.07) is 15.9. The molecule has 0 amide bonds. The highest BCUT2D eigenvalue weighted by Crippen LogP contribution is 2.37. The van der Waals surface area contributed by atoms with Gasteiger partial charge in [-0.2, -0.15) is 0 Å². The van der Waals surface area contributed by atoms with Crippen LogP contribution in [-0.2, 0) is 6.42 Å². The summed E-state index contributed by atoms with van der Waals surface area (Å²) in [5.41, 5.74) is 3.20. The molecule has 0 atom stereocenters. The van der Waals surface area contributed by atoms with Crippen molar-refractivity contribution in [3.8, 4) is 16.9 Å². The van der Waals surface area contributed by atoms with Crippen LogP contribution < -0.4 is 4.52 Å². The average molecular weight is 360 g/mol. The highest BCUT2D eigenvalue weighted by Gasteiger charge is 2.11. The number of hydrogen-bond donors (Lipinski definition) is 2. The predicted molar refractivity (Wildman–Crippen MR) is 106 cm³/mol. The molecule has 2 N–H and O–H groups in total. The van der Waals surface area contributed by atoms with Gasteiger partial charge in [-0.05, 0) is 36.1 Å². The molecule has 0 saturated heterocycles. The summed E-state index contributed by atoms with van der Waals surface area (Å²) in [5, 5.41) is 0. The van der Waals surface area contributed by atoms with Crippen molar-refractivity contribution in [2.75, 3.05) is 0 Å². The lowest BCUT2D eigenvalue weighted by molar-refractivity contribution is 0.375. The molecule has 136 valence electrons. The van der Waals surface area contributed by atoms with E-state index in [0.29, 0.717) is 5.75 Å². The monoisotopic (exact) mass is 360 g/mol. The molecule has 0 aliphatic heterocycles. The van der Waals surface area contributed by atoms with Gasteiger partial charge in [0.1, 0.15) is 5.75 Å². The lowest BCUT2D eigenvalue weighted by atomic mass is 9.99. The Labute approximate surface area is 152 Å². The van der Waals surface area contributed by atoms with Crippen LogP contribution in [0.3, 0.4) is 0 Å². The Bertz CT molecular complexity index is 614. The molecule has 2 rings (SSSR count). The zero-order chi connectivity index (χ0) is 17.9. The minimum atomic E-state index is -2.41. The van der Waals surface area contributed by atoms with Gasteiger partial charge >= 0.3 is 8.60 Å². The number of aryl methyl sites for hydroxylation is 1. The SMILES string of the molecule is CCCCCCCCCc1ccc(OP(O)O)c(-c2ccccc2)c1. The Morgan fingerprint density at radius 2 is 1.52 bits per heavy atom. The first-order chi connectivity index (χ1) is 12.2. The van der Waals surface area contributed by atoms with Gasteiger partial charge in [0.05, 0.1) is 0 Å². The van der Waals surface area contributed by atoms with Crippen LogP contribution in [0, 0.1) is 0 Å². The number of hydrogen-bond acceptors (Lipinski definition) is 3. The first-order valence-electron chi connectivity index (χ1n) is 9.25. The van der Waals surface area contributed by atoms with Gasteiger partial charge in [0.15, 0.2) is 0 Å². The average Bonchev–Trinajstić information content (AvgIpc) is 2.62. The summed E-state index contributed by atoms with van der Waals surface area (Å²) >= 11 is 0. The fraction of sp³-hybridized carbons (Fsp3) is 0.429. The normalized spacial score (nSPS) is 11.0. The predicted octanol–water partition coefficient (Wildman–Crippen LogP) is 6.24. The van der Waals surface area contributed by atoms with Crippen molar-refractivity contribution in [2.24, 2.45) is 0 Å². The number of rotatable bonds is 11. The molecule has 3 nitrogen and oxygen atoms in total. The number of unbranched alkanes of at least 4 members (excludes halogenated alkanes) is 6. The van der Waals surface area contributed by atoms with Crippen molar-refractivity contribution < 1.29 is 14.3 Å². The van der Waals surface area contributed by atoms with Gasteiger partial charge in [0.2, 0.25) is 0 Å². The van der Waals surface area contributed by atoms with Crippen molar-refractivity contribution in [1.82, 2.24) is 0 Å². The van der Waals surface area contributed by atoms with Gasteiger partial charge in [0.25, 0.3) is 0 Å². The third kappa shape index (κ3) is 7.15. The molecule has 0 fully saturated rings. The number of benzene rings is 2. The van der Waals surface area contributed by atoms with Crippen molar-refractivity contribution in [3.63, 3.8) is 0 Å². The molecule has 4 heteroatoms. The maximum absolute atomic E-state index is 9.21. The van der Waals surface area contributed by atoms with Gasteiger partial charge in [-0.3, -0.25) is 0 Å². The van der Waals surface area contributed by atoms with E-state index in [1.807, 2.05) is 42.5 Å². The second kappa shape index (κ2) is 11.3. The Morgan fingerprint density at radius 3 is 2.20 bits per heavy atom. The zero-order valence-electron chi connectivity index (χ0n) is 15.0. The van der Waals surface area contributed by atoms with Crippen LogP contribution in [0.15, 0.2) is 48.5 Å². The van der Waals surface area contributed by atoms with E-state index in [0.717, 1.165) is 17.5 Å². The summed E-state index contributed by atoms with van der Waals surface area (Å²) in [4.78, 5) is 18.4. The van der Waals surface area contributed by atoms with Gasteiger partial charge in [-0.15, -0.1) is 0 Å². The first kappa shape index (κ1) is 19.9. The van der Waals surface area contributed by atoms with Crippen LogP contribution in [0.1, 0.15) is 57.4 Å². The van der Waals surface area contributed by atoms with Gasteiger partial charge in [-0.25, -0.2) is 0 Å². The molecule has 0 aromatic heterocycles. The Kier molecular flexibility index (Phi) is 8.96. The van der Waals surface area contributed by atoms with Crippen molar-refractivity contribution in [2.45, 2.75) is 58.3 Å². The van der Waals surface area contributed by atoms with E-state index < -0.39 is 8.60 Å². The second-order valence-electron chi connectivity index (χ2n) is 6.41. The van der Waals surface area contributed by atoms with Crippen molar-refractivity contribution >= 4 is 8.60 Å². The molecule has 0 unspecified atom stereocenters. The van der Waals surface area contributed by atoms with E-state index >= 15 is 0 Å². The first-order valence-corrected chi connectivity index (χ1v) is 10.4. The van der Waals surface area contributed by atoms with E-state index in [4.69, 9.17) is 4.52 Å². The standard InChI is InChI=1S/C21H29O3P/c1-2-3-4-5-6-7-9-12-18-15-16-21(24-25(22)23)20(17-18)19-13-10-8-11-14-19/h8,10-11,13-17,22-23H,2-7,9,12H2,1H3. The van der Waals surface area contributed by atoms with E-state index in [1.54, 1.807) is 0 Å². The van der Waals surface area contributed by atoms with Gasteiger partial charge in [0, 0.05) is 5.56 Å². The Hall–Kier alpha value is -1.41. The fourth-order valence-corrected chi connectivity index (χ4v) is 3.36. The second-order valence-corrected chi connectivity index (χ2v) is 7.10. The third-order valence-electron chi connectivity index (χ3n) is 4.38. The summed E-state index contributed by atoms with van der Waals surface area (Å²) < 4.78 is 5.21. The third-order valence-corrected chi connectivity index (χ3v) is 4.74. The molecule has 2 aromatic carbocycles. The largest absolute Gasteiger partial charge is 0.426 e. The highest BCUT2D eigenvalue weighted by molar-refractivity contribution is 7.39. The molecule has 25 heavy (non-hydrogen) atoms. The molecule has 0 spiro atoms. The van der Waals surface area contributed by atoms with E-state index in [-0.39, 0.29) is 0 Å². The van der Waals surface area contributed by atoms with Gasteiger partial charge < -0.3 is 14.3 Å². The molecule has 0 saturated carbocycles. The topological polar surface area (TPSA) is 49.7 Å². The smallest absolute Gasteiger partial charge is 0.391 e. The molecule has 0 heterocycles. The van der Waals surface area contributed by atoms with E-state index in [9.17, 15) is 9.79 Å². The minimum Gasteiger partial charge on any atom is -0.426 e. The summed E-state index contributed by atoms with van der Waals surface area (Å²) in [7, 11) is -2.41. The van der Waals surface area contributed by atoms with Crippen LogP contribution >= 0.6 is 8.60 Å². The lowest BCUT2D eigenvalue weighted by Gasteiger charge is -2.13. The van der Waals surface area contributed by atoms with Crippen LogP contribution in [0.2, 0.25) is 0 Å². The van der Waals surface area contributed by atoms with E-state index in [1.165, 1.54) is 50.5 Å². The Balaban J connectivity index is 1.98. The van der Waals surface area contributed by atoms with Crippen molar-refractivity contribution in [3.05, 3.63) is 54.1 Å². The van der Waals surface area contributed by atoms with Crippen LogP contribution in [0.4, 0.5) is 0 Å². The maximum Gasteiger partial charge on any atom is 0.391 e. The highest BCUT2D eigenvalue weighted by atomic mass is 31.2. The molecule has 0 aliphatic carbocycles. The van der Waals surface area contributed by atoms with Gasteiger partial charge in [-0.1, -0.05) is 81.8 Å². The zero-order valence-corrected chi connectivity index (χ0v) is 15.9. The minimum absolute atomic E-state index is 0.519. The van der Waals surface area contributed by atoms with Crippen molar-refractivity contribution in [1.29, 1.82) is 0 Å².